The lowest BCUT2D eigenvalue weighted by atomic mass is 9.96. The summed E-state index contributed by atoms with van der Waals surface area (Å²) < 4.78 is 0. The molecule has 1 aliphatic rings. The Morgan fingerprint density at radius 3 is 2.48 bits per heavy atom. The second-order valence-electron chi connectivity index (χ2n) is 7.88. The highest BCUT2D eigenvalue weighted by molar-refractivity contribution is 7.14. The predicted octanol–water partition coefficient (Wildman–Crippen LogP) is 4.91. The number of hydrogen-bond donors (Lipinski definition) is 2. The number of carbonyl (C=O) groups is 3. The van der Waals surface area contributed by atoms with Crippen molar-refractivity contribution >= 4 is 51.5 Å². The van der Waals surface area contributed by atoms with Crippen LogP contribution in [0.4, 0.5) is 10.8 Å². The number of aromatic nitrogens is 1. The number of hydrogen-bond acceptors (Lipinski definition) is 5. The molecule has 170 valence electrons. The minimum Gasteiger partial charge on any atom is -0.338 e. The molecule has 0 aliphatic carbocycles. The van der Waals surface area contributed by atoms with Gasteiger partial charge in [0.05, 0.1) is 11.6 Å². The van der Waals surface area contributed by atoms with Gasteiger partial charge in [-0.25, -0.2) is 4.98 Å². The summed E-state index contributed by atoms with van der Waals surface area (Å²) in [5.74, 6) is -0.647. The summed E-state index contributed by atoms with van der Waals surface area (Å²) in [4.78, 5) is 43.1. The van der Waals surface area contributed by atoms with Gasteiger partial charge in [0, 0.05) is 47.2 Å². The van der Waals surface area contributed by atoms with Gasteiger partial charge in [0.15, 0.2) is 5.13 Å². The van der Waals surface area contributed by atoms with Crippen molar-refractivity contribution in [2.24, 2.45) is 5.92 Å². The maximum absolute atomic E-state index is 12.9. The molecule has 0 bridgehead atoms. The minimum absolute atomic E-state index is 0.0941. The molecule has 1 fully saturated rings. The zero-order valence-electron chi connectivity index (χ0n) is 18.0. The van der Waals surface area contributed by atoms with Crippen LogP contribution in [0.5, 0.6) is 0 Å². The molecule has 1 saturated heterocycles. The van der Waals surface area contributed by atoms with Crippen LogP contribution < -0.4 is 10.6 Å². The van der Waals surface area contributed by atoms with Gasteiger partial charge < -0.3 is 15.5 Å². The second kappa shape index (κ2) is 10.1. The van der Waals surface area contributed by atoms with E-state index in [9.17, 15) is 14.4 Å². The van der Waals surface area contributed by atoms with E-state index < -0.39 is 0 Å². The number of halogens is 1. The van der Waals surface area contributed by atoms with Gasteiger partial charge >= 0.3 is 0 Å². The molecule has 33 heavy (non-hydrogen) atoms. The normalized spacial score (nSPS) is 15.7. The van der Waals surface area contributed by atoms with Gasteiger partial charge in [0.1, 0.15) is 0 Å². The first-order valence-electron chi connectivity index (χ1n) is 10.6. The highest BCUT2D eigenvalue weighted by atomic mass is 35.5. The number of likely N-dealkylation sites (tertiary alicyclic amines) is 1. The summed E-state index contributed by atoms with van der Waals surface area (Å²) in [6, 6.07) is 14.1. The van der Waals surface area contributed by atoms with E-state index in [1.165, 1.54) is 18.3 Å². The van der Waals surface area contributed by atoms with Gasteiger partial charge in [-0.15, -0.1) is 11.3 Å². The SMILES string of the molecule is CC(=O)Nc1ccc(-c2csc(NC(=O)C3CCCN(C(=O)c4ccc(Cl)cc4)C3)n2)cc1. The molecule has 9 heteroatoms. The molecule has 2 heterocycles. The molecule has 2 N–H and O–H groups in total. The zero-order valence-corrected chi connectivity index (χ0v) is 19.6. The number of carbonyl (C=O) groups excluding carboxylic acids is 3. The maximum atomic E-state index is 12.9. The highest BCUT2D eigenvalue weighted by Gasteiger charge is 2.29. The Labute approximate surface area is 200 Å². The molecule has 7 nitrogen and oxygen atoms in total. The molecule has 0 saturated carbocycles. The third-order valence-corrected chi connectivity index (χ3v) is 6.42. The van der Waals surface area contributed by atoms with Gasteiger partial charge in [-0.1, -0.05) is 23.7 Å². The van der Waals surface area contributed by atoms with Gasteiger partial charge in [0.2, 0.25) is 11.8 Å². The molecule has 0 radical (unpaired) electrons. The summed E-state index contributed by atoms with van der Waals surface area (Å²) in [6.07, 6.45) is 1.49. The molecule has 4 rings (SSSR count). The Morgan fingerprint density at radius 1 is 1.06 bits per heavy atom. The van der Waals surface area contributed by atoms with Crippen LogP contribution >= 0.6 is 22.9 Å². The van der Waals surface area contributed by atoms with Crippen LogP contribution in [0.3, 0.4) is 0 Å². The Morgan fingerprint density at radius 2 is 1.79 bits per heavy atom. The maximum Gasteiger partial charge on any atom is 0.253 e. The standard InChI is InChI=1S/C24H23ClN4O3S/c1-15(30)26-20-10-6-16(7-11-20)21-14-33-24(27-21)28-22(31)18-3-2-12-29(13-18)23(32)17-4-8-19(25)9-5-17/h4-11,14,18H,2-3,12-13H2,1H3,(H,26,30)(H,27,28,31). The number of rotatable bonds is 5. The van der Waals surface area contributed by atoms with E-state index in [0.29, 0.717) is 34.5 Å². The van der Waals surface area contributed by atoms with Crippen LogP contribution in [-0.4, -0.2) is 40.7 Å². The third kappa shape index (κ3) is 5.77. The van der Waals surface area contributed by atoms with Crippen LogP contribution in [0.1, 0.15) is 30.1 Å². The van der Waals surface area contributed by atoms with Crippen molar-refractivity contribution in [3.05, 3.63) is 64.5 Å². The number of benzene rings is 2. The van der Waals surface area contributed by atoms with Gasteiger partial charge in [-0.2, -0.15) is 0 Å². The molecule has 3 amide bonds. The Hall–Kier alpha value is -3.23. The topological polar surface area (TPSA) is 91.4 Å². The summed E-state index contributed by atoms with van der Waals surface area (Å²) in [5.41, 5.74) is 2.91. The van der Waals surface area contributed by atoms with Gasteiger partial charge in [0.25, 0.3) is 5.91 Å². The van der Waals surface area contributed by atoms with E-state index in [0.717, 1.165) is 24.1 Å². The minimum atomic E-state index is -0.292. The Balaban J connectivity index is 1.37. The van der Waals surface area contributed by atoms with Crippen molar-refractivity contribution in [3.8, 4) is 11.3 Å². The fraction of sp³-hybridized carbons (Fsp3) is 0.250. The monoisotopic (exact) mass is 482 g/mol. The summed E-state index contributed by atoms with van der Waals surface area (Å²) in [7, 11) is 0. The third-order valence-electron chi connectivity index (χ3n) is 5.41. The molecule has 1 unspecified atom stereocenters. The number of amides is 3. The van der Waals surface area contributed by atoms with E-state index >= 15 is 0 Å². The lowest BCUT2D eigenvalue weighted by molar-refractivity contribution is -0.121. The largest absolute Gasteiger partial charge is 0.338 e. The highest BCUT2D eigenvalue weighted by Crippen LogP contribution is 2.27. The van der Waals surface area contributed by atoms with Crippen molar-refractivity contribution in [2.45, 2.75) is 19.8 Å². The van der Waals surface area contributed by atoms with E-state index in [1.807, 2.05) is 29.6 Å². The molecule has 1 atom stereocenters. The first kappa shape index (κ1) is 22.9. The van der Waals surface area contributed by atoms with Crippen LogP contribution in [-0.2, 0) is 9.59 Å². The molecular formula is C24H23ClN4O3S. The molecule has 2 aromatic carbocycles. The Bertz CT molecular complexity index is 1160. The average Bonchev–Trinajstić information content (AvgIpc) is 3.28. The smallest absolute Gasteiger partial charge is 0.253 e. The summed E-state index contributed by atoms with van der Waals surface area (Å²) >= 11 is 7.26. The number of nitrogens with zero attached hydrogens (tertiary/aromatic N) is 2. The number of piperidine rings is 1. The van der Waals surface area contributed by atoms with Crippen molar-refractivity contribution in [3.63, 3.8) is 0 Å². The fourth-order valence-corrected chi connectivity index (χ4v) is 4.60. The number of nitrogens with one attached hydrogen (secondary N) is 2. The Kier molecular flexibility index (Phi) is 7.05. The number of anilines is 2. The van der Waals surface area contributed by atoms with Crippen LogP contribution in [0.2, 0.25) is 5.02 Å². The molecular weight excluding hydrogens is 460 g/mol. The first-order chi connectivity index (χ1) is 15.9. The first-order valence-corrected chi connectivity index (χ1v) is 11.8. The second-order valence-corrected chi connectivity index (χ2v) is 9.18. The van der Waals surface area contributed by atoms with E-state index in [4.69, 9.17) is 11.6 Å². The van der Waals surface area contributed by atoms with Gasteiger partial charge in [-0.05, 0) is 49.2 Å². The van der Waals surface area contributed by atoms with Crippen LogP contribution in [0.25, 0.3) is 11.3 Å². The van der Waals surface area contributed by atoms with Crippen LogP contribution in [0.15, 0.2) is 53.9 Å². The molecule has 3 aromatic rings. The van der Waals surface area contributed by atoms with Crippen molar-refractivity contribution < 1.29 is 14.4 Å². The fourth-order valence-electron chi connectivity index (χ4n) is 3.75. The van der Waals surface area contributed by atoms with E-state index in [2.05, 4.69) is 15.6 Å². The van der Waals surface area contributed by atoms with E-state index in [-0.39, 0.29) is 23.6 Å². The molecule has 1 aliphatic heterocycles. The quantitative estimate of drug-likeness (QED) is 0.540. The molecule has 0 spiro atoms. The van der Waals surface area contributed by atoms with Crippen molar-refractivity contribution in [1.29, 1.82) is 0 Å². The summed E-state index contributed by atoms with van der Waals surface area (Å²) in [6.45, 7) is 2.46. The lowest BCUT2D eigenvalue weighted by Gasteiger charge is -2.32. The molecule has 1 aromatic heterocycles. The zero-order chi connectivity index (χ0) is 23.4. The van der Waals surface area contributed by atoms with Crippen molar-refractivity contribution in [1.82, 2.24) is 9.88 Å². The summed E-state index contributed by atoms with van der Waals surface area (Å²) in [5, 5.41) is 8.60. The number of thiazole rings is 1. The van der Waals surface area contributed by atoms with E-state index in [1.54, 1.807) is 29.2 Å². The van der Waals surface area contributed by atoms with Crippen LogP contribution in [0, 0.1) is 5.92 Å². The average molecular weight is 483 g/mol. The van der Waals surface area contributed by atoms with Gasteiger partial charge in [-0.3, -0.25) is 14.4 Å². The lowest BCUT2D eigenvalue weighted by Crippen LogP contribution is -2.43. The van der Waals surface area contributed by atoms with Crippen molar-refractivity contribution in [2.75, 3.05) is 23.7 Å². The predicted molar refractivity (Wildman–Crippen MR) is 131 cm³/mol.